The number of nitrogens with one attached hydrogen (secondary N) is 1. The third kappa shape index (κ3) is 6.04. The Bertz CT molecular complexity index is 976. The summed E-state index contributed by atoms with van der Waals surface area (Å²) in [6, 6.07) is 14.4. The maximum atomic E-state index is 12.9. The highest BCUT2D eigenvalue weighted by Gasteiger charge is 2.28. The third-order valence-corrected chi connectivity index (χ3v) is 6.99. The van der Waals surface area contributed by atoms with Crippen LogP contribution in [-0.2, 0) is 21.3 Å². The molecule has 1 N–H and O–H groups in total. The molecule has 0 saturated carbocycles. The molecule has 8 nitrogen and oxygen atoms in total. The number of hydrogen-bond acceptors (Lipinski definition) is 6. The number of morpholine rings is 1. The molecule has 3 rings (SSSR count). The first-order valence-corrected chi connectivity index (χ1v) is 11.6. The molecule has 1 aliphatic heterocycles. The van der Waals surface area contributed by atoms with E-state index in [2.05, 4.69) is 22.3 Å². The van der Waals surface area contributed by atoms with Gasteiger partial charge in [0, 0.05) is 32.7 Å². The first kappa shape index (κ1) is 23.2. The Hall–Kier alpha value is -2.46. The Balaban J connectivity index is 1.65. The van der Waals surface area contributed by atoms with E-state index in [-0.39, 0.29) is 16.4 Å². The van der Waals surface area contributed by atoms with Crippen molar-refractivity contribution in [2.75, 3.05) is 53.6 Å². The van der Waals surface area contributed by atoms with Crippen LogP contribution in [0.25, 0.3) is 0 Å². The molecule has 2 aromatic carbocycles. The lowest BCUT2D eigenvalue weighted by Crippen LogP contribution is -2.40. The number of sulfonamides is 1. The van der Waals surface area contributed by atoms with Crippen LogP contribution >= 0.6 is 0 Å². The number of amides is 1. The van der Waals surface area contributed by atoms with Crippen LogP contribution in [0, 0.1) is 0 Å². The molecule has 2 aromatic rings. The van der Waals surface area contributed by atoms with E-state index in [1.807, 2.05) is 25.2 Å². The van der Waals surface area contributed by atoms with Crippen LogP contribution in [0.3, 0.4) is 0 Å². The van der Waals surface area contributed by atoms with Gasteiger partial charge < -0.3 is 19.7 Å². The van der Waals surface area contributed by atoms with Crippen LogP contribution in [0.5, 0.6) is 5.75 Å². The molecule has 0 spiro atoms. The molecule has 31 heavy (non-hydrogen) atoms. The van der Waals surface area contributed by atoms with Crippen molar-refractivity contribution in [3.63, 3.8) is 0 Å². The standard InChI is InChI=1S/C22H29N3O5S/c1-24(17-18-6-4-3-5-7-18)11-10-23-22(26)20-16-19(8-9-21(20)29-2)31(27,28)25-12-14-30-15-13-25/h3-9,16H,10-15,17H2,1-2H3,(H,23,26). The molecule has 168 valence electrons. The highest BCUT2D eigenvalue weighted by atomic mass is 32.2. The fourth-order valence-corrected chi connectivity index (χ4v) is 4.83. The summed E-state index contributed by atoms with van der Waals surface area (Å²) in [7, 11) is -0.266. The van der Waals surface area contributed by atoms with Gasteiger partial charge in [-0.1, -0.05) is 30.3 Å². The SMILES string of the molecule is COc1ccc(S(=O)(=O)N2CCOCC2)cc1C(=O)NCCN(C)Cc1ccccc1. The van der Waals surface area contributed by atoms with E-state index in [1.54, 1.807) is 0 Å². The molecule has 0 radical (unpaired) electrons. The summed E-state index contributed by atoms with van der Waals surface area (Å²) < 4.78 is 37.8. The smallest absolute Gasteiger partial charge is 0.255 e. The maximum absolute atomic E-state index is 12.9. The van der Waals surface area contributed by atoms with E-state index in [9.17, 15) is 13.2 Å². The fraction of sp³-hybridized carbons (Fsp3) is 0.409. The minimum atomic E-state index is -3.70. The van der Waals surface area contributed by atoms with E-state index in [0.29, 0.717) is 45.1 Å². The molecule has 1 heterocycles. The normalized spacial score (nSPS) is 15.1. The maximum Gasteiger partial charge on any atom is 0.255 e. The largest absolute Gasteiger partial charge is 0.496 e. The number of rotatable bonds is 9. The van der Waals surface area contributed by atoms with Crippen molar-refractivity contribution < 1.29 is 22.7 Å². The van der Waals surface area contributed by atoms with E-state index >= 15 is 0 Å². The molecule has 0 aromatic heterocycles. The highest BCUT2D eigenvalue weighted by molar-refractivity contribution is 7.89. The number of benzene rings is 2. The molecular formula is C22H29N3O5S. The van der Waals surface area contributed by atoms with Crippen LogP contribution < -0.4 is 10.1 Å². The number of hydrogen-bond donors (Lipinski definition) is 1. The molecule has 1 fully saturated rings. The van der Waals surface area contributed by atoms with Gasteiger partial charge in [0.05, 0.1) is 30.8 Å². The Morgan fingerprint density at radius 3 is 2.55 bits per heavy atom. The van der Waals surface area contributed by atoms with Gasteiger partial charge in [-0.15, -0.1) is 0 Å². The first-order chi connectivity index (χ1) is 14.9. The molecule has 0 aliphatic carbocycles. The Morgan fingerprint density at radius 1 is 1.16 bits per heavy atom. The van der Waals surface area contributed by atoms with Gasteiger partial charge in [-0.2, -0.15) is 4.31 Å². The lowest BCUT2D eigenvalue weighted by Gasteiger charge is -2.26. The van der Waals surface area contributed by atoms with Crippen molar-refractivity contribution in [3.8, 4) is 5.75 Å². The minimum Gasteiger partial charge on any atom is -0.496 e. The van der Waals surface area contributed by atoms with Gasteiger partial charge in [-0.05, 0) is 30.8 Å². The summed E-state index contributed by atoms with van der Waals surface area (Å²) in [6.45, 7) is 3.15. The van der Waals surface area contributed by atoms with Crippen molar-refractivity contribution >= 4 is 15.9 Å². The molecule has 0 atom stereocenters. The molecule has 1 aliphatic rings. The molecular weight excluding hydrogens is 418 g/mol. The Labute approximate surface area is 183 Å². The van der Waals surface area contributed by atoms with Gasteiger partial charge >= 0.3 is 0 Å². The first-order valence-electron chi connectivity index (χ1n) is 10.2. The lowest BCUT2D eigenvalue weighted by molar-refractivity contribution is 0.0730. The highest BCUT2D eigenvalue weighted by Crippen LogP contribution is 2.25. The topological polar surface area (TPSA) is 88.2 Å². The van der Waals surface area contributed by atoms with Gasteiger partial charge in [0.1, 0.15) is 5.75 Å². The Kier molecular flexibility index (Phi) is 8.03. The summed E-state index contributed by atoms with van der Waals surface area (Å²) >= 11 is 0. The van der Waals surface area contributed by atoms with Crippen LogP contribution in [-0.4, -0.2) is 77.1 Å². The van der Waals surface area contributed by atoms with E-state index in [0.717, 1.165) is 6.54 Å². The average Bonchev–Trinajstić information content (AvgIpc) is 2.79. The second kappa shape index (κ2) is 10.7. The number of carbonyl (C=O) groups excluding carboxylic acids is 1. The third-order valence-electron chi connectivity index (χ3n) is 5.10. The fourth-order valence-electron chi connectivity index (χ4n) is 3.39. The molecule has 9 heteroatoms. The quantitative estimate of drug-likeness (QED) is 0.628. The predicted molar refractivity (Wildman–Crippen MR) is 118 cm³/mol. The van der Waals surface area contributed by atoms with Gasteiger partial charge in [0.2, 0.25) is 10.0 Å². The summed E-state index contributed by atoms with van der Waals surface area (Å²) in [4.78, 5) is 15.0. The summed E-state index contributed by atoms with van der Waals surface area (Å²) in [5, 5.41) is 2.86. The second-order valence-electron chi connectivity index (χ2n) is 7.36. The summed E-state index contributed by atoms with van der Waals surface area (Å²) in [6.07, 6.45) is 0. The van der Waals surface area contributed by atoms with Crippen molar-refractivity contribution in [2.24, 2.45) is 0 Å². The average molecular weight is 448 g/mol. The molecule has 0 unspecified atom stereocenters. The van der Waals surface area contributed by atoms with Gasteiger partial charge in [-0.3, -0.25) is 4.79 Å². The van der Waals surface area contributed by atoms with Gasteiger partial charge in [0.15, 0.2) is 0 Å². The summed E-state index contributed by atoms with van der Waals surface area (Å²) in [5.74, 6) is -0.0416. The zero-order valence-corrected chi connectivity index (χ0v) is 18.7. The zero-order valence-electron chi connectivity index (χ0n) is 17.9. The van der Waals surface area contributed by atoms with Crippen molar-refractivity contribution in [2.45, 2.75) is 11.4 Å². The zero-order chi connectivity index (χ0) is 22.3. The monoisotopic (exact) mass is 447 g/mol. The molecule has 1 saturated heterocycles. The van der Waals surface area contributed by atoms with Gasteiger partial charge in [-0.25, -0.2) is 8.42 Å². The Morgan fingerprint density at radius 2 is 1.87 bits per heavy atom. The summed E-state index contributed by atoms with van der Waals surface area (Å²) in [5.41, 5.74) is 1.39. The predicted octanol–water partition coefficient (Wildman–Crippen LogP) is 1.58. The van der Waals surface area contributed by atoms with Crippen molar-refractivity contribution in [1.29, 1.82) is 0 Å². The number of methoxy groups -OCH3 is 1. The van der Waals surface area contributed by atoms with Gasteiger partial charge in [0.25, 0.3) is 5.91 Å². The number of ether oxygens (including phenoxy) is 2. The van der Waals surface area contributed by atoms with Crippen LogP contribution in [0.15, 0.2) is 53.4 Å². The van der Waals surface area contributed by atoms with Crippen LogP contribution in [0.4, 0.5) is 0 Å². The van der Waals surface area contributed by atoms with E-state index in [4.69, 9.17) is 9.47 Å². The van der Waals surface area contributed by atoms with E-state index < -0.39 is 10.0 Å². The molecule has 1 amide bonds. The minimum absolute atomic E-state index is 0.0709. The lowest BCUT2D eigenvalue weighted by atomic mass is 10.2. The molecule has 0 bridgehead atoms. The van der Waals surface area contributed by atoms with Crippen molar-refractivity contribution in [3.05, 3.63) is 59.7 Å². The number of nitrogens with zero attached hydrogens (tertiary/aromatic N) is 2. The van der Waals surface area contributed by atoms with E-state index in [1.165, 1.54) is 35.2 Å². The van der Waals surface area contributed by atoms with Crippen LogP contribution in [0.2, 0.25) is 0 Å². The number of carbonyl (C=O) groups is 1. The second-order valence-corrected chi connectivity index (χ2v) is 9.30. The number of likely N-dealkylation sites (N-methyl/N-ethyl adjacent to an activating group) is 1. The van der Waals surface area contributed by atoms with Crippen LogP contribution in [0.1, 0.15) is 15.9 Å². The van der Waals surface area contributed by atoms with Crippen molar-refractivity contribution in [1.82, 2.24) is 14.5 Å².